The first-order chi connectivity index (χ1) is 12.8. The number of carbonyl (C=O) groups is 2. The molecule has 0 spiro atoms. The van der Waals surface area contributed by atoms with Crippen molar-refractivity contribution >= 4 is 56.4 Å². The maximum absolute atomic E-state index is 13.3. The van der Waals surface area contributed by atoms with Crippen LogP contribution in [0.25, 0.3) is 0 Å². The third-order valence-electron chi connectivity index (χ3n) is 4.23. The number of alkyl halides is 3. The molecule has 2 amide bonds. The molecule has 0 unspecified atom stereocenters. The molecular weight excluding hydrogens is 492 g/mol. The second-order valence-electron chi connectivity index (χ2n) is 6.18. The maximum atomic E-state index is 13.3. The number of halogens is 4. The van der Waals surface area contributed by atoms with Gasteiger partial charge in [-0.05, 0) is 55.5 Å². The highest BCUT2D eigenvalue weighted by molar-refractivity contribution is 14.1. The van der Waals surface area contributed by atoms with Crippen molar-refractivity contribution in [3.05, 3.63) is 46.1 Å². The normalized spacial score (nSPS) is 14.2. The van der Waals surface area contributed by atoms with Gasteiger partial charge in [0.1, 0.15) is 10.8 Å². The van der Waals surface area contributed by atoms with Gasteiger partial charge in [0, 0.05) is 33.2 Å². The predicted octanol–water partition coefficient (Wildman–Crippen LogP) is 5.37. The summed E-state index contributed by atoms with van der Waals surface area (Å²) in [7, 11) is 0. The molecule has 2 aromatic rings. The topological polar surface area (TPSA) is 58.2 Å². The fourth-order valence-electron chi connectivity index (χ4n) is 2.97. The molecule has 0 saturated carbocycles. The number of rotatable bonds is 4. The summed E-state index contributed by atoms with van der Waals surface area (Å²) >= 11 is 1.93. The van der Waals surface area contributed by atoms with Crippen LogP contribution in [0.4, 0.5) is 23.9 Å². The molecule has 0 radical (unpaired) electrons. The molecule has 1 heterocycles. The average Bonchev–Trinajstić information content (AvgIpc) is 2.77. The van der Waals surface area contributed by atoms with Crippen LogP contribution >= 0.6 is 33.9 Å². The first-order valence-corrected chi connectivity index (χ1v) is 10.2. The molecule has 9 heteroatoms. The second-order valence-corrected chi connectivity index (χ2v) is 8.64. The number of thiophene rings is 1. The van der Waals surface area contributed by atoms with Crippen LogP contribution in [0.1, 0.15) is 40.1 Å². The van der Waals surface area contributed by atoms with Gasteiger partial charge < -0.3 is 10.6 Å². The predicted molar refractivity (Wildman–Crippen MR) is 108 cm³/mol. The highest BCUT2D eigenvalue weighted by atomic mass is 127. The molecule has 4 nitrogen and oxygen atoms in total. The lowest BCUT2D eigenvalue weighted by Crippen LogP contribution is -2.29. The van der Waals surface area contributed by atoms with E-state index >= 15 is 0 Å². The van der Waals surface area contributed by atoms with Crippen molar-refractivity contribution in [2.24, 2.45) is 0 Å². The van der Waals surface area contributed by atoms with Crippen molar-refractivity contribution in [1.29, 1.82) is 0 Å². The van der Waals surface area contributed by atoms with Gasteiger partial charge in [0.2, 0.25) is 0 Å². The van der Waals surface area contributed by atoms with E-state index in [0.717, 1.165) is 58.7 Å². The summed E-state index contributed by atoms with van der Waals surface area (Å²) in [6, 6.07) is 5.25. The Morgan fingerprint density at radius 2 is 1.70 bits per heavy atom. The summed E-state index contributed by atoms with van der Waals surface area (Å²) in [5, 5.41) is 4.99. The minimum absolute atomic E-state index is 0.128. The zero-order chi connectivity index (χ0) is 19.6. The fourth-order valence-corrected chi connectivity index (χ4v) is 4.39. The van der Waals surface area contributed by atoms with Gasteiger partial charge in [-0.15, -0.1) is 11.3 Å². The Labute approximate surface area is 171 Å². The number of benzene rings is 1. The van der Waals surface area contributed by atoms with E-state index in [0.29, 0.717) is 12.1 Å². The Bertz CT molecular complexity index is 863. The molecule has 0 aliphatic heterocycles. The third kappa shape index (κ3) is 4.81. The lowest BCUT2D eigenvalue weighted by molar-refractivity contribution is -0.127. The van der Waals surface area contributed by atoms with Crippen LogP contribution in [-0.4, -0.2) is 15.7 Å². The van der Waals surface area contributed by atoms with Gasteiger partial charge in [-0.2, -0.15) is 8.78 Å². The fraction of sp³-hybridized carbons (Fsp3) is 0.333. The number of amides is 2. The minimum atomic E-state index is -3.58. The molecule has 144 valence electrons. The smallest absolute Gasteiger partial charge is 0.322 e. The quantitative estimate of drug-likeness (QED) is 0.332. The van der Waals surface area contributed by atoms with Crippen LogP contribution in [0.2, 0.25) is 0 Å². The molecule has 0 saturated heterocycles. The zero-order valence-electron chi connectivity index (χ0n) is 14.1. The van der Waals surface area contributed by atoms with Gasteiger partial charge in [-0.25, -0.2) is 4.39 Å². The first kappa shape index (κ1) is 20.1. The Morgan fingerprint density at radius 3 is 2.37 bits per heavy atom. The van der Waals surface area contributed by atoms with Gasteiger partial charge in [-0.1, -0.05) is 6.42 Å². The monoisotopic (exact) mass is 508 g/mol. The Hall–Kier alpha value is -1.62. The molecule has 0 bridgehead atoms. The van der Waals surface area contributed by atoms with Gasteiger partial charge in [0.25, 0.3) is 5.91 Å². The molecule has 0 atom stereocenters. The van der Waals surface area contributed by atoms with E-state index in [9.17, 15) is 22.8 Å². The lowest BCUT2D eigenvalue weighted by atomic mass is 10.0. The van der Waals surface area contributed by atoms with Crippen molar-refractivity contribution < 1.29 is 22.8 Å². The number of aryl methyl sites for hydroxylation is 1. The van der Waals surface area contributed by atoms with Crippen molar-refractivity contribution in [3.8, 4) is 0 Å². The summed E-state index contributed by atoms with van der Waals surface area (Å²) in [6.07, 6.45) is 4.24. The van der Waals surface area contributed by atoms with Gasteiger partial charge in [0.05, 0.1) is 5.56 Å². The molecule has 1 aromatic heterocycles. The second kappa shape index (κ2) is 8.17. The number of hydrogen-bond donors (Lipinski definition) is 2. The van der Waals surface area contributed by atoms with Crippen LogP contribution < -0.4 is 10.6 Å². The van der Waals surface area contributed by atoms with Crippen LogP contribution in [0.3, 0.4) is 0 Å². The van der Waals surface area contributed by atoms with Crippen molar-refractivity contribution in [2.45, 2.75) is 36.0 Å². The molecule has 1 aromatic carbocycles. The maximum Gasteiger partial charge on any atom is 0.372 e. The molecule has 2 N–H and O–H groups in total. The van der Waals surface area contributed by atoms with Crippen LogP contribution in [0.5, 0.6) is 0 Å². The van der Waals surface area contributed by atoms with E-state index in [1.807, 2.05) is 0 Å². The first-order valence-electron chi connectivity index (χ1n) is 8.35. The SMILES string of the molecule is O=C(Nc1ccc(F)cc1)c1c(NC(=O)C(F)(F)I)sc2c1CCCCC2. The number of fused-ring (bicyclic) bond motifs is 1. The van der Waals surface area contributed by atoms with E-state index in [2.05, 4.69) is 10.6 Å². The van der Waals surface area contributed by atoms with Crippen LogP contribution in [0, 0.1) is 5.82 Å². The summed E-state index contributed by atoms with van der Waals surface area (Å²) in [6.45, 7) is 0. The summed E-state index contributed by atoms with van der Waals surface area (Å²) in [5.74, 6) is -2.40. The van der Waals surface area contributed by atoms with Crippen molar-refractivity contribution in [3.63, 3.8) is 0 Å². The third-order valence-corrected chi connectivity index (χ3v) is 5.93. The zero-order valence-corrected chi connectivity index (χ0v) is 17.1. The molecule has 1 aliphatic rings. The van der Waals surface area contributed by atoms with E-state index < -0.39 is 21.6 Å². The molecule has 27 heavy (non-hydrogen) atoms. The van der Waals surface area contributed by atoms with Gasteiger partial charge >= 0.3 is 9.84 Å². The van der Waals surface area contributed by atoms with Crippen molar-refractivity contribution in [1.82, 2.24) is 0 Å². The lowest BCUT2D eigenvalue weighted by Gasteiger charge is -2.12. The standard InChI is InChI=1S/C18H16F3IN2O2S/c19-10-6-8-11(9-7-10)23-15(25)14-12-4-2-1-3-5-13(12)27-16(14)24-17(26)18(20,21)22/h6-9H,1-5H2,(H,23,25)(H,24,26). The molecule has 1 aliphatic carbocycles. The molecule has 3 rings (SSSR count). The molecule has 0 fully saturated rings. The largest absolute Gasteiger partial charge is 0.372 e. The number of carbonyl (C=O) groups excluding carboxylic acids is 2. The molecular formula is C18H16F3IN2O2S. The number of hydrogen-bond acceptors (Lipinski definition) is 3. The minimum Gasteiger partial charge on any atom is -0.322 e. The van der Waals surface area contributed by atoms with Gasteiger partial charge in [0.15, 0.2) is 0 Å². The summed E-state index contributed by atoms with van der Waals surface area (Å²) < 4.78 is 36.1. The highest BCUT2D eigenvalue weighted by Crippen LogP contribution is 2.39. The average molecular weight is 508 g/mol. The Morgan fingerprint density at radius 1 is 1.04 bits per heavy atom. The van der Waals surface area contributed by atoms with Crippen LogP contribution in [0.15, 0.2) is 24.3 Å². The Balaban J connectivity index is 1.95. The van der Waals surface area contributed by atoms with Gasteiger partial charge in [-0.3, -0.25) is 9.59 Å². The summed E-state index contributed by atoms with van der Waals surface area (Å²) in [4.78, 5) is 25.5. The Kier molecular flexibility index (Phi) is 6.09. The van der Waals surface area contributed by atoms with E-state index in [1.165, 1.54) is 35.6 Å². The summed E-state index contributed by atoms with van der Waals surface area (Å²) in [5.41, 5.74) is 1.39. The van der Waals surface area contributed by atoms with Crippen molar-refractivity contribution in [2.75, 3.05) is 10.6 Å². The highest BCUT2D eigenvalue weighted by Gasteiger charge is 2.36. The van der Waals surface area contributed by atoms with Crippen LogP contribution in [-0.2, 0) is 17.6 Å². The van der Waals surface area contributed by atoms with E-state index in [4.69, 9.17) is 0 Å². The van der Waals surface area contributed by atoms with E-state index in [-0.39, 0.29) is 10.6 Å². The number of nitrogens with one attached hydrogen (secondary N) is 2. The van der Waals surface area contributed by atoms with E-state index in [1.54, 1.807) is 0 Å². The number of anilines is 2.